The lowest BCUT2D eigenvalue weighted by Gasteiger charge is -2.05. The van der Waals surface area contributed by atoms with Crippen molar-refractivity contribution in [3.8, 4) is 0 Å². The SMILES string of the molecule is O=C(O)C=CC(=O)NC(=O)Nc1ccc(Cl)c(F)c1. The van der Waals surface area contributed by atoms with E-state index in [0.29, 0.717) is 12.2 Å². The van der Waals surface area contributed by atoms with Gasteiger partial charge in [-0.3, -0.25) is 10.1 Å². The smallest absolute Gasteiger partial charge is 0.328 e. The molecular weight excluding hydrogens is 279 g/mol. The van der Waals surface area contributed by atoms with Crippen LogP contribution in [0.1, 0.15) is 0 Å². The van der Waals surface area contributed by atoms with Crippen molar-refractivity contribution in [3.05, 3.63) is 41.2 Å². The van der Waals surface area contributed by atoms with Gasteiger partial charge in [0.25, 0.3) is 5.91 Å². The molecule has 0 aliphatic carbocycles. The largest absolute Gasteiger partial charge is 0.478 e. The van der Waals surface area contributed by atoms with Crippen LogP contribution in [0.5, 0.6) is 0 Å². The molecule has 3 amide bonds. The third kappa shape index (κ3) is 5.17. The third-order valence-electron chi connectivity index (χ3n) is 1.79. The van der Waals surface area contributed by atoms with Crippen LogP contribution in [0.25, 0.3) is 0 Å². The van der Waals surface area contributed by atoms with Gasteiger partial charge in [-0.25, -0.2) is 14.0 Å². The lowest BCUT2D eigenvalue weighted by Crippen LogP contribution is -2.33. The molecule has 0 atom stereocenters. The van der Waals surface area contributed by atoms with Gasteiger partial charge in [0, 0.05) is 17.8 Å². The number of carboxylic acid groups (broad SMARTS) is 1. The number of hydrogen-bond donors (Lipinski definition) is 3. The van der Waals surface area contributed by atoms with Crippen molar-refractivity contribution in [3.63, 3.8) is 0 Å². The summed E-state index contributed by atoms with van der Waals surface area (Å²) in [4.78, 5) is 32.5. The van der Waals surface area contributed by atoms with Gasteiger partial charge in [-0.15, -0.1) is 0 Å². The predicted octanol–water partition coefficient (Wildman–Crippen LogP) is 1.77. The summed E-state index contributed by atoms with van der Waals surface area (Å²) in [6.07, 6.45) is 1.24. The molecule has 0 saturated heterocycles. The van der Waals surface area contributed by atoms with Gasteiger partial charge in [0.15, 0.2) is 0 Å². The second-order valence-electron chi connectivity index (χ2n) is 3.24. The fraction of sp³-hybridized carbons (Fsp3) is 0. The van der Waals surface area contributed by atoms with Gasteiger partial charge in [-0.2, -0.15) is 0 Å². The van der Waals surface area contributed by atoms with E-state index < -0.39 is 23.7 Å². The molecule has 100 valence electrons. The van der Waals surface area contributed by atoms with Crippen molar-refractivity contribution in [1.82, 2.24) is 5.32 Å². The number of rotatable bonds is 3. The molecule has 8 heteroatoms. The van der Waals surface area contributed by atoms with Gasteiger partial charge in [0.1, 0.15) is 5.82 Å². The van der Waals surface area contributed by atoms with E-state index in [4.69, 9.17) is 16.7 Å². The van der Waals surface area contributed by atoms with E-state index in [1.54, 1.807) is 0 Å². The summed E-state index contributed by atoms with van der Waals surface area (Å²) in [5.41, 5.74) is 0.0921. The normalized spacial score (nSPS) is 10.2. The Balaban J connectivity index is 2.58. The van der Waals surface area contributed by atoms with Crippen LogP contribution >= 0.6 is 11.6 Å². The fourth-order valence-corrected chi connectivity index (χ4v) is 1.15. The second-order valence-corrected chi connectivity index (χ2v) is 3.65. The van der Waals surface area contributed by atoms with Crippen molar-refractivity contribution in [1.29, 1.82) is 0 Å². The van der Waals surface area contributed by atoms with Crippen LogP contribution in [0.4, 0.5) is 14.9 Å². The Labute approximate surface area is 111 Å². The number of urea groups is 1. The monoisotopic (exact) mass is 286 g/mol. The van der Waals surface area contributed by atoms with Crippen molar-refractivity contribution < 1.29 is 23.9 Å². The molecule has 1 rings (SSSR count). The van der Waals surface area contributed by atoms with E-state index in [1.807, 2.05) is 5.32 Å². The molecule has 3 N–H and O–H groups in total. The van der Waals surface area contributed by atoms with Gasteiger partial charge < -0.3 is 10.4 Å². The first-order chi connectivity index (χ1) is 8.88. The van der Waals surface area contributed by atoms with Crippen LogP contribution < -0.4 is 10.6 Å². The summed E-state index contributed by atoms with van der Waals surface area (Å²) in [5.74, 6) is -2.97. The van der Waals surface area contributed by atoms with E-state index in [0.717, 1.165) is 6.07 Å². The van der Waals surface area contributed by atoms with Gasteiger partial charge in [0.05, 0.1) is 5.02 Å². The number of amides is 3. The Morgan fingerprint density at radius 2 is 1.95 bits per heavy atom. The van der Waals surface area contributed by atoms with E-state index in [2.05, 4.69) is 5.32 Å². The predicted molar refractivity (Wildman–Crippen MR) is 65.3 cm³/mol. The Kier molecular flexibility index (Phi) is 5.01. The molecule has 1 aromatic rings. The minimum absolute atomic E-state index is 0.0921. The van der Waals surface area contributed by atoms with E-state index in [-0.39, 0.29) is 10.7 Å². The third-order valence-corrected chi connectivity index (χ3v) is 2.10. The quantitative estimate of drug-likeness (QED) is 0.738. The average Bonchev–Trinajstić information content (AvgIpc) is 2.31. The molecular formula is C11H8ClFN2O4. The Hall–Kier alpha value is -2.41. The maximum absolute atomic E-state index is 13.1. The number of carbonyl (C=O) groups excluding carboxylic acids is 2. The first kappa shape index (κ1) is 14.7. The van der Waals surface area contributed by atoms with Crippen LogP contribution in [-0.2, 0) is 9.59 Å². The zero-order valence-corrected chi connectivity index (χ0v) is 10.1. The van der Waals surface area contributed by atoms with Gasteiger partial charge in [0.2, 0.25) is 0 Å². The number of imide groups is 1. The zero-order valence-electron chi connectivity index (χ0n) is 9.31. The molecule has 0 radical (unpaired) electrons. The summed E-state index contributed by atoms with van der Waals surface area (Å²) < 4.78 is 13.1. The highest BCUT2D eigenvalue weighted by molar-refractivity contribution is 6.30. The molecule has 0 aliphatic rings. The van der Waals surface area contributed by atoms with Gasteiger partial charge in [-0.1, -0.05) is 11.6 Å². The molecule has 0 unspecified atom stereocenters. The number of halogens is 2. The number of benzene rings is 1. The van der Waals surface area contributed by atoms with Gasteiger partial charge in [-0.05, 0) is 18.2 Å². The van der Waals surface area contributed by atoms with E-state index >= 15 is 0 Å². The van der Waals surface area contributed by atoms with Crippen LogP contribution in [0.15, 0.2) is 30.4 Å². The number of hydrogen-bond acceptors (Lipinski definition) is 3. The standard InChI is InChI=1S/C11H8ClFN2O4/c12-7-2-1-6(5-8(7)13)14-11(19)15-9(16)3-4-10(17)18/h1-5H,(H,17,18)(H2,14,15,16,19). The summed E-state index contributed by atoms with van der Waals surface area (Å²) in [5, 5.41) is 12.2. The van der Waals surface area contributed by atoms with Crippen molar-refractivity contribution in [2.24, 2.45) is 0 Å². The Bertz CT molecular complexity index is 560. The molecule has 0 aliphatic heterocycles. The number of carbonyl (C=O) groups is 3. The first-order valence-corrected chi connectivity index (χ1v) is 5.24. The molecule has 0 fully saturated rings. The lowest BCUT2D eigenvalue weighted by molar-refractivity contribution is -0.131. The first-order valence-electron chi connectivity index (χ1n) is 4.86. The highest BCUT2D eigenvalue weighted by Crippen LogP contribution is 2.18. The van der Waals surface area contributed by atoms with Crippen LogP contribution in [0.3, 0.4) is 0 Å². The van der Waals surface area contributed by atoms with Crippen molar-refractivity contribution >= 4 is 35.2 Å². The number of aliphatic carboxylic acids is 1. The van der Waals surface area contributed by atoms with Crippen molar-refractivity contribution in [2.75, 3.05) is 5.32 Å². The highest BCUT2D eigenvalue weighted by Gasteiger charge is 2.07. The number of anilines is 1. The summed E-state index contributed by atoms with van der Waals surface area (Å²) in [6, 6.07) is 2.61. The summed E-state index contributed by atoms with van der Waals surface area (Å²) in [7, 11) is 0. The minimum atomic E-state index is -1.32. The Morgan fingerprint density at radius 3 is 2.53 bits per heavy atom. The molecule has 0 spiro atoms. The molecule has 19 heavy (non-hydrogen) atoms. The molecule has 0 bridgehead atoms. The lowest BCUT2D eigenvalue weighted by atomic mass is 10.3. The van der Waals surface area contributed by atoms with E-state index in [1.165, 1.54) is 12.1 Å². The maximum Gasteiger partial charge on any atom is 0.328 e. The minimum Gasteiger partial charge on any atom is -0.478 e. The fourth-order valence-electron chi connectivity index (χ4n) is 1.04. The van der Waals surface area contributed by atoms with Crippen LogP contribution in [0.2, 0.25) is 5.02 Å². The van der Waals surface area contributed by atoms with Crippen molar-refractivity contribution in [2.45, 2.75) is 0 Å². The number of nitrogens with one attached hydrogen (secondary N) is 2. The highest BCUT2D eigenvalue weighted by atomic mass is 35.5. The van der Waals surface area contributed by atoms with E-state index in [9.17, 15) is 18.8 Å². The molecule has 0 heterocycles. The van der Waals surface area contributed by atoms with Gasteiger partial charge >= 0.3 is 12.0 Å². The molecule has 0 aromatic heterocycles. The Morgan fingerprint density at radius 1 is 1.26 bits per heavy atom. The van der Waals surface area contributed by atoms with Crippen LogP contribution in [0, 0.1) is 5.82 Å². The maximum atomic E-state index is 13.1. The summed E-state index contributed by atoms with van der Waals surface area (Å²) >= 11 is 5.45. The topological polar surface area (TPSA) is 95.5 Å². The summed E-state index contributed by atoms with van der Waals surface area (Å²) in [6.45, 7) is 0. The molecule has 1 aromatic carbocycles. The molecule has 0 saturated carbocycles. The van der Waals surface area contributed by atoms with Crippen LogP contribution in [-0.4, -0.2) is 23.0 Å². The second kappa shape index (κ2) is 6.50. The zero-order chi connectivity index (χ0) is 14.4. The average molecular weight is 287 g/mol. The number of carboxylic acids is 1. The molecule has 6 nitrogen and oxygen atoms in total.